The molecule has 146 valence electrons. The van der Waals surface area contributed by atoms with Crippen molar-refractivity contribution >= 4 is 17.1 Å². The molecule has 1 aliphatic heterocycles. The molecule has 4 heterocycles. The summed E-state index contributed by atoms with van der Waals surface area (Å²) in [6.45, 7) is 1.21. The Hall–Kier alpha value is -3.75. The van der Waals surface area contributed by atoms with Crippen LogP contribution in [0.3, 0.4) is 0 Å². The lowest BCUT2D eigenvalue weighted by atomic mass is 9.96. The van der Waals surface area contributed by atoms with E-state index in [1.165, 1.54) is 0 Å². The van der Waals surface area contributed by atoms with E-state index < -0.39 is 5.76 Å². The topological polar surface area (TPSA) is 121 Å². The maximum atomic E-state index is 12.8. The van der Waals surface area contributed by atoms with Crippen LogP contribution in [-0.4, -0.2) is 49.0 Å². The van der Waals surface area contributed by atoms with Crippen LogP contribution in [0.5, 0.6) is 0 Å². The average Bonchev–Trinajstić information content (AvgIpc) is 3.39. The molecular weight excluding hydrogens is 372 g/mol. The van der Waals surface area contributed by atoms with Crippen LogP contribution >= 0.6 is 0 Å². The summed E-state index contributed by atoms with van der Waals surface area (Å²) in [5, 5.41) is 7.38. The highest BCUT2D eigenvalue weighted by molar-refractivity contribution is 5.93. The molecular formula is C20H18N6O3. The van der Waals surface area contributed by atoms with Crippen molar-refractivity contribution in [2.24, 2.45) is 0 Å². The Morgan fingerprint density at radius 1 is 1.07 bits per heavy atom. The fourth-order valence-corrected chi connectivity index (χ4v) is 3.65. The number of hydrogen-bond acceptors (Lipinski definition) is 6. The number of pyridine rings is 1. The summed E-state index contributed by atoms with van der Waals surface area (Å²) in [5.74, 6) is 1.02. The Kier molecular flexibility index (Phi) is 4.19. The van der Waals surface area contributed by atoms with Crippen molar-refractivity contribution in [1.29, 1.82) is 0 Å². The van der Waals surface area contributed by atoms with Crippen molar-refractivity contribution in [3.63, 3.8) is 0 Å². The second kappa shape index (κ2) is 7.01. The molecule has 0 aliphatic carbocycles. The van der Waals surface area contributed by atoms with Crippen LogP contribution in [0.2, 0.25) is 0 Å². The molecule has 1 fully saturated rings. The van der Waals surface area contributed by atoms with Gasteiger partial charge in [-0.05, 0) is 25.0 Å². The van der Waals surface area contributed by atoms with Crippen LogP contribution in [-0.2, 0) is 0 Å². The van der Waals surface area contributed by atoms with Gasteiger partial charge in [0.1, 0.15) is 11.5 Å². The van der Waals surface area contributed by atoms with Crippen LogP contribution in [0.1, 0.15) is 35.1 Å². The minimum absolute atomic E-state index is 0.157. The smallest absolute Gasteiger partial charge is 0.406 e. The molecule has 4 aromatic rings. The maximum absolute atomic E-state index is 12.8. The predicted octanol–water partition coefficient (Wildman–Crippen LogP) is 2.32. The quantitative estimate of drug-likeness (QED) is 0.554. The van der Waals surface area contributed by atoms with Crippen LogP contribution in [0, 0.1) is 0 Å². The first kappa shape index (κ1) is 17.4. The highest BCUT2D eigenvalue weighted by atomic mass is 16.4. The van der Waals surface area contributed by atoms with E-state index in [2.05, 4.69) is 25.1 Å². The van der Waals surface area contributed by atoms with Crippen molar-refractivity contribution in [3.05, 3.63) is 64.5 Å². The van der Waals surface area contributed by atoms with E-state index in [9.17, 15) is 9.59 Å². The molecule has 2 N–H and O–H groups in total. The standard InChI is InChI=1S/C20H18N6O3/c27-19(14-6-7-15-18(21-14)23-20(28)29-15)26-10-8-13(9-11-26)17-22-16(24-25-17)12-4-2-1-3-5-12/h1-7,13H,8-11H2,(H,21,23,28)(H,22,24,25). The number of rotatable bonds is 3. The molecule has 9 heteroatoms. The molecule has 9 nitrogen and oxygen atoms in total. The number of amides is 1. The third-order valence-corrected chi connectivity index (χ3v) is 5.20. The number of fused-ring (bicyclic) bond motifs is 1. The van der Waals surface area contributed by atoms with Crippen LogP contribution in [0.4, 0.5) is 0 Å². The number of piperidine rings is 1. The van der Waals surface area contributed by atoms with E-state index in [4.69, 9.17) is 4.42 Å². The van der Waals surface area contributed by atoms with Gasteiger partial charge in [0.25, 0.3) is 5.91 Å². The highest BCUT2D eigenvalue weighted by Gasteiger charge is 2.27. The monoisotopic (exact) mass is 390 g/mol. The van der Waals surface area contributed by atoms with Gasteiger partial charge in [-0.25, -0.2) is 14.8 Å². The second-order valence-corrected chi connectivity index (χ2v) is 7.03. The second-order valence-electron chi connectivity index (χ2n) is 7.03. The average molecular weight is 390 g/mol. The minimum Gasteiger partial charge on any atom is -0.406 e. The molecule has 0 radical (unpaired) electrons. The molecule has 1 aliphatic rings. The normalized spacial score (nSPS) is 15.1. The SMILES string of the molecule is O=C(c1ccc2oc(=O)[nH]c2n1)N1CCC(c2nc(-c3ccccc3)n[nH]2)CC1. The van der Waals surface area contributed by atoms with Crippen molar-refractivity contribution in [2.75, 3.05) is 13.1 Å². The number of oxazole rings is 1. The molecule has 0 spiro atoms. The number of H-pyrrole nitrogens is 2. The van der Waals surface area contributed by atoms with E-state index in [0.29, 0.717) is 30.2 Å². The van der Waals surface area contributed by atoms with Crippen LogP contribution in [0.15, 0.2) is 51.7 Å². The van der Waals surface area contributed by atoms with Crippen LogP contribution in [0.25, 0.3) is 22.6 Å². The van der Waals surface area contributed by atoms with Gasteiger partial charge in [0.05, 0.1) is 0 Å². The molecule has 0 atom stereocenters. The fraction of sp³-hybridized carbons (Fsp3) is 0.250. The summed E-state index contributed by atoms with van der Waals surface area (Å²) in [6, 6.07) is 13.0. The van der Waals surface area contributed by atoms with Gasteiger partial charge in [0.2, 0.25) is 0 Å². The van der Waals surface area contributed by atoms with E-state index in [1.54, 1.807) is 17.0 Å². The third-order valence-electron chi connectivity index (χ3n) is 5.20. The zero-order valence-corrected chi connectivity index (χ0v) is 15.5. The third kappa shape index (κ3) is 3.31. The zero-order valence-electron chi connectivity index (χ0n) is 15.5. The molecule has 0 bridgehead atoms. The van der Waals surface area contributed by atoms with Gasteiger partial charge in [-0.1, -0.05) is 30.3 Å². The first-order chi connectivity index (χ1) is 14.2. The number of nitrogens with one attached hydrogen (secondary N) is 2. The largest absolute Gasteiger partial charge is 0.418 e. The van der Waals surface area contributed by atoms with Gasteiger partial charge < -0.3 is 9.32 Å². The maximum Gasteiger partial charge on any atom is 0.418 e. The number of hydrogen-bond donors (Lipinski definition) is 2. The first-order valence-electron chi connectivity index (χ1n) is 9.44. The molecule has 3 aromatic heterocycles. The Morgan fingerprint density at radius 2 is 1.86 bits per heavy atom. The van der Waals surface area contributed by atoms with E-state index in [0.717, 1.165) is 24.2 Å². The summed E-state index contributed by atoms with van der Waals surface area (Å²) >= 11 is 0. The number of nitrogens with zero attached hydrogens (tertiary/aromatic N) is 4. The molecule has 0 saturated carbocycles. The van der Waals surface area contributed by atoms with Crippen molar-refractivity contribution in [2.45, 2.75) is 18.8 Å². The number of aromatic amines is 2. The Labute approximate surface area is 164 Å². The molecule has 5 rings (SSSR count). The molecule has 1 aromatic carbocycles. The Balaban J connectivity index is 1.27. The Morgan fingerprint density at radius 3 is 2.66 bits per heavy atom. The summed E-state index contributed by atoms with van der Waals surface area (Å²) in [5.41, 5.74) is 1.89. The van der Waals surface area contributed by atoms with Crippen LogP contribution < -0.4 is 5.76 Å². The van der Waals surface area contributed by atoms with Crippen molar-refractivity contribution in [3.8, 4) is 11.4 Å². The van der Waals surface area contributed by atoms with Crippen molar-refractivity contribution < 1.29 is 9.21 Å². The van der Waals surface area contributed by atoms with Gasteiger partial charge in [0.15, 0.2) is 17.1 Å². The molecule has 1 amide bonds. The van der Waals surface area contributed by atoms with E-state index in [-0.39, 0.29) is 17.5 Å². The number of aromatic nitrogens is 5. The number of carbonyl (C=O) groups is 1. The molecule has 1 saturated heterocycles. The first-order valence-corrected chi connectivity index (χ1v) is 9.44. The van der Waals surface area contributed by atoms with Gasteiger partial charge >= 0.3 is 5.76 Å². The summed E-state index contributed by atoms with van der Waals surface area (Å²) in [7, 11) is 0. The minimum atomic E-state index is -0.583. The summed E-state index contributed by atoms with van der Waals surface area (Å²) in [6.07, 6.45) is 1.58. The zero-order chi connectivity index (χ0) is 19.8. The number of carbonyl (C=O) groups excluding carboxylic acids is 1. The van der Waals surface area contributed by atoms with Gasteiger partial charge in [-0.3, -0.25) is 14.9 Å². The van der Waals surface area contributed by atoms with Gasteiger partial charge in [-0.2, -0.15) is 5.10 Å². The van der Waals surface area contributed by atoms with E-state index >= 15 is 0 Å². The van der Waals surface area contributed by atoms with E-state index in [1.807, 2.05) is 30.3 Å². The summed E-state index contributed by atoms with van der Waals surface area (Å²) < 4.78 is 4.93. The highest BCUT2D eigenvalue weighted by Crippen LogP contribution is 2.27. The Bertz CT molecular complexity index is 1220. The van der Waals surface area contributed by atoms with Crippen molar-refractivity contribution in [1.82, 2.24) is 30.0 Å². The molecule has 0 unspecified atom stereocenters. The lowest BCUT2D eigenvalue weighted by Crippen LogP contribution is -2.38. The van der Waals surface area contributed by atoms with Gasteiger partial charge in [0, 0.05) is 24.6 Å². The van der Waals surface area contributed by atoms with Gasteiger partial charge in [-0.15, -0.1) is 0 Å². The lowest BCUT2D eigenvalue weighted by molar-refractivity contribution is 0.0705. The summed E-state index contributed by atoms with van der Waals surface area (Å²) in [4.78, 5) is 37.2. The lowest BCUT2D eigenvalue weighted by Gasteiger charge is -2.30. The predicted molar refractivity (Wildman–Crippen MR) is 104 cm³/mol. The number of likely N-dealkylation sites (tertiary alicyclic amines) is 1. The fourth-order valence-electron chi connectivity index (χ4n) is 3.65. The number of benzene rings is 1. The molecule has 29 heavy (non-hydrogen) atoms.